The largest absolute Gasteiger partial charge is 0.366 e. The van der Waals surface area contributed by atoms with E-state index < -0.39 is 0 Å². The minimum atomic E-state index is 0.845. The Labute approximate surface area is 58.8 Å². The van der Waals surface area contributed by atoms with Crippen LogP contribution < -0.4 is 5.32 Å². The first-order valence-electron chi connectivity index (χ1n) is 3.10. The molecule has 1 radical (unpaired) electrons. The van der Waals surface area contributed by atoms with E-state index in [0.29, 0.717) is 0 Å². The van der Waals surface area contributed by atoms with Crippen LogP contribution in [-0.4, -0.2) is 16.5 Å². The summed E-state index contributed by atoms with van der Waals surface area (Å²) in [6, 6.07) is 0. The molecule has 1 aromatic rings. The van der Waals surface area contributed by atoms with Gasteiger partial charge in [0.25, 0.3) is 0 Å². The molecule has 0 atom stereocenters. The Hall–Kier alpha value is -1.38. The number of hydrogen-bond donors (Lipinski definition) is 1. The summed E-state index contributed by atoms with van der Waals surface area (Å²) in [5, 5.41) is 3.09. The zero-order valence-corrected chi connectivity index (χ0v) is 5.33. The van der Waals surface area contributed by atoms with Crippen LogP contribution in [0.3, 0.4) is 0 Å². The number of nitrogens with zero attached hydrogens (tertiary/aromatic N) is 2. The van der Waals surface area contributed by atoms with Crippen LogP contribution in [0.1, 0.15) is 5.56 Å². The predicted octanol–water partition coefficient (Wildman–Crippen LogP) is 0.715. The lowest BCUT2D eigenvalue weighted by atomic mass is 10.2. The zero-order valence-electron chi connectivity index (χ0n) is 5.33. The zero-order chi connectivity index (χ0) is 6.81. The molecule has 1 aromatic heterocycles. The lowest BCUT2D eigenvalue weighted by Crippen LogP contribution is -2.06. The van der Waals surface area contributed by atoms with Crippen LogP contribution in [0.15, 0.2) is 12.4 Å². The second-order valence-corrected chi connectivity index (χ2v) is 2.03. The molecule has 0 unspecified atom stereocenters. The Bertz CT molecular complexity index is 267. The molecule has 0 saturated heterocycles. The fraction of sp³-hybridized carbons (Fsp3) is 0.143. The van der Waals surface area contributed by atoms with E-state index in [0.717, 1.165) is 17.9 Å². The van der Waals surface area contributed by atoms with Gasteiger partial charge in [0.2, 0.25) is 0 Å². The number of anilines is 1. The van der Waals surface area contributed by atoms with Crippen LogP contribution in [0, 0.1) is 6.20 Å². The van der Waals surface area contributed by atoms with Gasteiger partial charge in [0, 0.05) is 12.1 Å². The van der Waals surface area contributed by atoms with E-state index >= 15 is 0 Å². The molecule has 1 N–H and O–H groups in total. The third kappa shape index (κ3) is 0.757. The first-order valence-corrected chi connectivity index (χ1v) is 3.10. The molecule has 0 fully saturated rings. The lowest BCUT2D eigenvalue weighted by Gasteiger charge is -2.08. The Morgan fingerprint density at radius 3 is 3.50 bits per heavy atom. The van der Waals surface area contributed by atoms with Crippen LogP contribution in [0.4, 0.5) is 5.82 Å². The van der Waals surface area contributed by atoms with E-state index in [1.165, 1.54) is 6.33 Å². The lowest BCUT2D eigenvalue weighted by molar-refractivity contribution is 1.11. The van der Waals surface area contributed by atoms with Crippen LogP contribution in [-0.2, 0) is 0 Å². The average Bonchev–Trinajstić information content (AvgIpc) is 2.05. The summed E-state index contributed by atoms with van der Waals surface area (Å²) in [5.74, 6) is 0.873. The van der Waals surface area contributed by atoms with Crippen molar-refractivity contribution in [2.24, 2.45) is 0 Å². The highest BCUT2D eigenvalue weighted by Crippen LogP contribution is 2.13. The van der Waals surface area contributed by atoms with Crippen molar-refractivity contribution in [3.05, 3.63) is 24.2 Å². The molecule has 3 nitrogen and oxygen atoms in total. The molecule has 0 aromatic carbocycles. The van der Waals surface area contributed by atoms with Gasteiger partial charge in [0.05, 0.1) is 0 Å². The normalized spacial score (nSPS) is 14.0. The third-order valence-corrected chi connectivity index (χ3v) is 1.36. The van der Waals surface area contributed by atoms with E-state index in [1.54, 1.807) is 0 Å². The van der Waals surface area contributed by atoms with Crippen molar-refractivity contribution in [2.75, 3.05) is 11.9 Å². The smallest absolute Gasteiger partial charge is 0.137 e. The molecular formula is C7H6N3. The van der Waals surface area contributed by atoms with Crippen LogP contribution in [0.25, 0.3) is 6.08 Å². The first-order chi connectivity index (χ1) is 4.97. The van der Waals surface area contributed by atoms with Gasteiger partial charge in [-0.2, -0.15) is 0 Å². The highest BCUT2D eigenvalue weighted by Gasteiger charge is 2.02. The summed E-state index contributed by atoms with van der Waals surface area (Å²) in [7, 11) is 0. The minimum Gasteiger partial charge on any atom is -0.366 e. The van der Waals surface area contributed by atoms with Crippen LogP contribution in [0.5, 0.6) is 0 Å². The summed E-state index contributed by atoms with van der Waals surface area (Å²) in [6.45, 7) is 0.845. The van der Waals surface area contributed by atoms with Crippen molar-refractivity contribution in [2.45, 2.75) is 0 Å². The molecule has 0 saturated carbocycles. The molecular weight excluding hydrogens is 126 g/mol. The number of aromatic nitrogens is 2. The molecule has 1 aliphatic rings. The van der Waals surface area contributed by atoms with Gasteiger partial charge in [0.15, 0.2) is 0 Å². The highest BCUT2D eigenvalue weighted by molar-refractivity contribution is 5.64. The van der Waals surface area contributed by atoms with E-state index in [2.05, 4.69) is 21.5 Å². The maximum absolute atomic E-state index is 4.01. The van der Waals surface area contributed by atoms with E-state index in [1.807, 2.05) is 12.2 Å². The van der Waals surface area contributed by atoms with Crippen molar-refractivity contribution >= 4 is 11.9 Å². The Morgan fingerprint density at radius 2 is 2.60 bits per heavy atom. The molecule has 49 valence electrons. The topological polar surface area (TPSA) is 37.8 Å². The maximum Gasteiger partial charge on any atom is 0.137 e. The fourth-order valence-corrected chi connectivity index (χ4v) is 0.897. The monoisotopic (exact) mass is 132 g/mol. The number of nitrogens with one attached hydrogen (secondary N) is 1. The second-order valence-electron chi connectivity index (χ2n) is 2.03. The molecule has 0 amide bonds. The molecule has 0 aliphatic carbocycles. The van der Waals surface area contributed by atoms with Gasteiger partial charge in [-0.05, 0) is 0 Å². The molecule has 0 spiro atoms. The molecule has 10 heavy (non-hydrogen) atoms. The second kappa shape index (κ2) is 2.10. The van der Waals surface area contributed by atoms with Gasteiger partial charge in [-0.25, -0.2) is 9.97 Å². The quantitative estimate of drug-likeness (QED) is 0.565. The van der Waals surface area contributed by atoms with Gasteiger partial charge in [-0.15, -0.1) is 0 Å². The van der Waals surface area contributed by atoms with Crippen molar-refractivity contribution in [3.63, 3.8) is 0 Å². The van der Waals surface area contributed by atoms with Gasteiger partial charge in [0.1, 0.15) is 18.3 Å². The van der Waals surface area contributed by atoms with E-state index in [-0.39, 0.29) is 0 Å². The average molecular weight is 132 g/mol. The Balaban J connectivity index is 2.54. The van der Waals surface area contributed by atoms with Gasteiger partial charge < -0.3 is 5.32 Å². The molecule has 3 heteroatoms. The van der Waals surface area contributed by atoms with Gasteiger partial charge >= 0.3 is 0 Å². The number of hydrogen-bond acceptors (Lipinski definition) is 3. The standard InChI is InChI=1S/C7H6N3/c1-2-6-4-8-5-10-7(6)9-3-1/h1-2,5H,3H2,(H,8,9,10). The third-order valence-electron chi connectivity index (χ3n) is 1.36. The fourth-order valence-electron chi connectivity index (χ4n) is 0.897. The molecule has 1 aliphatic heterocycles. The predicted molar refractivity (Wildman–Crippen MR) is 38.4 cm³/mol. The van der Waals surface area contributed by atoms with Gasteiger partial charge in [-0.1, -0.05) is 12.2 Å². The molecule has 0 bridgehead atoms. The number of fused-ring (bicyclic) bond motifs is 1. The summed E-state index contributed by atoms with van der Waals surface area (Å²) >= 11 is 0. The van der Waals surface area contributed by atoms with Crippen molar-refractivity contribution in [1.82, 2.24) is 9.97 Å². The molecule has 2 heterocycles. The van der Waals surface area contributed by atoms with E-state index in [9.17, 15) is 0 Å². The van der Waals surface area contributed by atoms with Crippen LogP contribution >= 0.6 is 0 Å². The minimum absolute atomic E-state index is 0.845. The van der Waals surface area contributed by atoms with Crippen molar-refractivity contribution < 1.29 is 0 Å². The SMILES string of the molecule is [c]1ncnc2c1C=CCN2. The summed E-state index contributed by atoms with van der Waals surface area (Å²) in [5.41, 5.74) is 0.939. The first kappa shape index (κ1) is 5.41. The maximum atomic E-state index is 4.01. The number of rotatable bonds is 0. The Morgan fingerprint density at radius 1 is 1.60 bits per heavy atom. The summed E-state index contributed by atoms with van der Waals surface area (Å²) in [6.07, 6.45) is 8.30. The van der Waals surface area contributed by atoms with E-state index in [4.69, 9.17) is 0 Å². The summed E-state index contributed by atoms with van der Waals surface area (Å²) in [4.78, 5) is 7.79. The Kier molecular flexibility index (Phi) is 1.13. The molecule has 2 rings (SSSR count). The summed E-state index contributed by atoms with van der Waals surface area (Å²) < 4.78 is 0. The van der Waals surface area contributed by atoms with Crippen LogP contribution in [0.2, 0.25) is 0 Å². The van der Waals surface area contributed by atoms with Crippen molar-refractivity contribution in [3.8, 4) is 0 Å². The highest BCUT2D eigenvalue weighted by atomic mass is 15.0. The van der Waals surface area contributed by atoms with Gasteiger partial charge in [-0.3, -0.25) is 0 Å². The van der Waals surface area contributed by atoms with Crippen molar-refractivity contribution in [1.29, 1.82) is 0 Å².